The van der Waals surface area contributed by atoms with Gasteiger partial charge in [-0.2, -0.15) is 0 Å². The van der Waals surface area contributed by atoms with Crippen LogP contribution in [0, 0.1) is 23.8 Å². The fraction of sp³-hybridized carbons (Fsp3) is 0.447. The minimum atomic E-state index is -0.337. The number of aliphatic hydroxyl groups excluding tert-OH is 1. The van der Waals surface area contributed by atoms with Crippen LogP contribution in [0.25, 0.3) is 32.9 Å². The first-order chi connectivity index (χ1) is 19.7. The molecule has 0 aliphatic carbocycles. The van der Waals surface area contributed by atoms with Crippen LogP contribution in [0.15, 0.2) is 66.7 Å². The van der Waals surface area contributed by atoms with Crippen LogP contribution in [0.1, 0.15) is 99.1 Å². The number of rotatable bonds is 8. The molecule has 4 rings (SSSR count). The number of ketones is 1. The van der Waals surface area contributed by atoms with Crippen molar-refractivity contribution in [1.29, 1.82) is 0 Å². The minimum absolute atomic E-state index is 0. The fourth-order valence-electron chi connectivity index (χ4n) is 5.02. The van der Waals surface area contributed by atoms with E-state index in [0.29, 0.717) is 0 Å². The van der Waals surface area contributed by atoms with Crippen molar-refractivity contribution in [2.24, 2.45) is 10.8 Å². The molecule has 0 amide bonds. The molecule has 0 aliphatic heterocycles. The summed E-state index contributed by atoms with van der Waals surface area (Å²) in [4.78, 5) is 21.3. The molecule has 233 valence electrons. The Morgan fingerprint density at radius 3 is 2.02 bits per heavy atom. The maximum Gasteiger partial charge on any atom is 0.164 e. The van der Waals surface area contributed by atoms with Gasteiger partial charge in [0.05, 0.1) is 5.52 Å². The fourth-order valence-corrected chi connectivity index (χ4v) is 5.02. The zero-order chi connectivity index (χ0) is 31.3. The second-order valence-corrected chi connectivity index (χ2v) is 13.0. The molecule has 4 aromatic rings. The number of aromatic nitrogens is 2. The van der Waals surface area contributed by atoms with Crippen LogP contribution in [0.4, 0.5) is 0 Å². The van der Waals surface area contributed by atoms with Gasteiger partial charge in [-0.25, -0.2) is 4.98 Å². The first kappa shape index (κ1) is 36.3. The molecule has 4 nitrogen and oxygen atoms in total. The number of hydrogen-bond acceptors (Lipinski definition) is 4. The Balaban J connectivity index is 0.000000318. The van der Waals surface area contributed by atoms with E-state index in [2.05, 4.69) is 92.3 Å². The quantitative estimate of drug-likeness (QED) is 0.0842. The SMILES string of the molecule is CCC(C)(CC)C(=O)/C=C(\O)C(C)(CC)CC.Cc1cccc2ccc3c(-c4[c-]cc(C(C)(C)C)cc4)ncnc3c12.[Ir]. The van der Waals surface area contributed by atoms with E-state index in [1.807, 2.05) is 41.5 Å². The van der Waals surface area contributed by atoms with E-state index in [0.717, 1.165) is 47.8 Å². The van der Waals surface area contributed by atoms with Crippen molar-refractivity contribution in [2.75, 3.05) is 0 Å². The number of fused-ring (bicyclic) bond motifs is 3. The Morgan fingerprint density at radius 1 is 0.860 bits per heavy atom. The van der Waals surface area contributed by atoms with E-state index in [1.165, 1.54) is 28.0 Å². The molecule has 0 atom stereocenters. The summed E-state index contributed by atoms with van der Waals surface area (Å²) in [5, 5.41) is 13.6. The number of carbonyl (C=O) groups is 1. The Kier molecular flexibility index (Phi) is 12.4. The van der Waals surface area contributed by atoms with Gasteiger partial charge in [-0.15, -0.1) is 35.4 Å². The predicted octanol–water partition coefficient (Wildman–Crippen LogP) is 10.5. The maximum atomic E-state index is 12.2. The van der Waals surface area contributed by atoms with E-state index in [4.69, 9.17) is 0 Å². The topological polar surface area (TPSA) is 63.1 Å². The second kappa shape index (κ2) is 14.7. The van der Waals surface area contributed by atoms with Gasteiger partial charge in [-0.05, 0) is 60.1 Å². The second-order valence-electron chi connectivity index (χ2n) is 13.0. The molecular formula is C38H49IrN2O2-. The largest absolute Gasteiger partial charge is 0.512 e. The van der Waals surface area contributed by atoms with Gasteiger partial charge in [0.25, 0.3) is 0 Å². The van der Waals surface area contributed by atoms with Gasteiger partial charge in [0.2, 0.25) is 0 Å². The van der Waals surface area contributed by atoms with Crippen LogP contribution in [0.3, 0.4) is 0 Å². The van der Waals surface area contributed by atoms with Crippen molar-refractivity contribution in [2.45, 2.75) is 100 Å². The molecule has 0 unspecified atom stereocenters. The summed E-state index contributed by atoms with van der Waals surface area (Å²) in [5.74, 6) is 0.286. The zero-order valence-electron chi connectivity index (χ0n) is 27.7. The van der Waals surface area contributed by atoms with Crippen molar-refractivity contribution in [3.05, 3.63) is 83.9 Å². The Morgan fingerprint density at radius 2 is 1.49 bits per heavy atom. The normalized spacial score (nSPS) is 12.5. The Hall–Kier alpha value is -2.88. The molecule has 3 aromatic carbocycles. The minimum Gasteiger partial charge on any atom is -0.512 e. The van der Waals surface area contributed by atoms with Crippen molar-refractivity contribution in [1.82, 2.24) is 9.97 Å². The molecule has 1 heterocycles. The summed E-state index contributed by atoms with van der Waals surface area (Å²) in [6.07, 6.45) is 6.42. The van der Waals surface area contributed by atoms with Crippen molar-refractivity contribution < 1.29 is 30.0 Å². The number of nitrogens with zero attached hydrogens (tertiary/aromatic N) is 2. The molecule has 43 heavy (non-hydrogen) atoms. The van der Waals surface area contributed by atoms with E-state index in [-0.39, 0.29) is 47.9 Å². The van der Waals surface area contributed by atoms with Crippen LogP contribution < -0.4 is 0 Å². The summed E-state index contributed by atoms with van der Waals surface area (Å²) in [7, 11) is 0. The van der Waals surface area contributed by atoms with Gasteiger partial charge in [0.15, 0.2) is 5.78 Å². The molecule has 5 heteroatoms. The van der Waals surface area contributed by atoms with Crippen molar-refractivity contribution >= 4 is 27.5 Å². The summed E-state index contributed by atoms with van der Waals surface area (Å²) in [6, 6.07) is 20.4. The molecule has 1 N–H and O–H groups in total. The average Bonchev–Trinajstić information content (AvgIpc) is 2.99. The van der Waals surface area contributed by atoms with Gasteiger partial charge in [0.1, 0.15) is 12.1 Å². The van der Waals surface area contributed by atoms with Gasteiger partial charge >= 0.3 is 0 Å². The third kappa shape index (κ3) is 7.99. The van der Waals surface area contributed by atoms with Crippen molar-refractivity contribution in [3.63, 3.8) is 0 Å². The van der Waals surface area contributed by atoms with Gasteiger partial charge in [0, 0.05) is 42.4 Å². The maximum absolute atomic E-state index is 12.2. The smallest absolute Gasteiger partial charge is 0.164 e. The van der Waals surface area contributed by atoms with E-state index in [9.17, 15) is 9.90 Å². The molecule has 1 radical (unpaired) electrons. The third-order valence-corrected chi connectivity index (χ3v) is 9.39. The van der Waals surface area contributed by atoms with Crippen LogP contribution in [-0.4, -0.2) is 20.9 Å². The molecule has 0 saturated carbocycles. The van der Waals surface area contributed by atoms with Crippen LogP contribution >= 0.6 is 0 Å². The number of benzene rings is 3. The number of carbonyl (C=O) groups excluding carboxylic acids is 1. The molecule has 0 saturated heterocycles. The molecule has 0 aliphatic rings. The average molecular weight is 758 g/mol. The number of allylic oxidation sites excluding steroid dienone is 2. The molecule has 0 fully saturated rings. The number of aliphatic hydroxyl groups is 1. The van der Waals surface area contributed by atoms with Crippen LogP contribution in [0.5, 0.6) is 0 Å². The van der Waals surface area contributed by atoms with Crippen molar-refractivity contribution in [3.8, 4) is 11.3 Å². The number of aryl methyl sites for hydroxylation is 1. The van der Waals surface area contributed by atoms with Crippen LogP contribution in [-0.2, 0) is 30.3 Å². The Bertz CT molecular complexity index is 1560. The van der Waals surface area contributed by atoms with E-state index in [1.54, 1.807) is 6.33 Å². The first-order valence-electron chi connectivity index (χ1n) is 15.4. The van der Waals surface area contributed by atoms with Gasteiger partial charge < -0.3 is 5.11 Å². The van der Waals surface area contributed by atoms with E-state index < -0.39 is 0 Å². The van der Waals surface area contributed by atoms with Crippen LogP contribution in [0.2, 0.25) is 0 Å². The monoisotopic (exact) mass is 758 g/mol. The molecular weight excluding hydrogens is 709 g/mol. The summed E-state index contributed by atoms with van der Waals surface area (Å²) in [6.45, 7) is 20.9. The molecule has 1 aromatic heterocycles. The summed E-state index contributed by atoms with van der Waals surface area (Å²) >= 11 is 0. The van der Waals surface area contributed by atoms with E-state index >= 15 is 0 Å². The summed E-state index contributed by atoms with van der Waals surface area (Å²) < 4.78 is 0. The standard InChI is InChI=1S/C23H21N2.C15H28O2.Ir/c1-15-6-5-7-16-10-13-19-21(24-14-25-22(19)20(15)16)17-8-11-18(12-9-17)23(2,3)4;1-7-14(5,8-2)12(16)11-13(17)15(6,9-3)10-4;/h5-8,10-14H,1-4H3;11,16H,7-10H2,1-6H3;/q-1;;/b;12-11-;. The predicted molar refractivity (Wildman–Crippen MR) is 178 cm³/mol. The first-order valence-corrected chi connectivity index (χ1v) is 15.4. The Labute approximate surface area is 272 Å². The number of hydrogen-bond donors (Lipinski definition) is 1. The zero-order valence-corrected chi connectivity index (χ0v) is 30.1. The third-order valence-electron chi connectivity index (χ3n) is 9.39. The van der Waals surface area contributed by atoms with Gasteiger partial charge in [-0.3, -0.25) is 9.78 Å². The van der Waals surface area contributed by atoms with Gasteiger partial charge in [-0.1, -0.05) is 92.6 Å². The molecule has 0 bridgehead atoms. The summed E-state index contributed by atoms with van der Waals surface area (Å²) in [5.41, 5.74) is 4.98. The molecule has 0 spiro atoms.